The molecule has 1 amide bonds. The van der Waals surface area contributed by atoms with Gasteiger partial charge in [-0.15, -0.1) is 0 Å². The van der Waals surface area contributed by atoms with Gasteiger partial charge in [-0.05, 0) is 66.0 Å². The number of aromatic hydroxyl groups is 1. The number of carbonyl (C=O) groups excluding carboxylic acids is 2. The van der Waals surface area contributed by atoms with E-state index < -0.39 is 0 Å². The number of amides is 1. The topological polar surface area (TPSA) is 125 Å². The molecule has 1 aliphatic rings. The highest BCUT2D eigenvalue weighted by Crippen LogP contribution is 2.31. The van der Waals surface area contributed by atoms with Crippen LogP contribution >= 0.6 is 15.9 Å². The number of nitrogens with one attached hydrogen (secondary N) is 3. The Kier molecular flexibility index (Phi) is 7.91. The number of aromatic nitrogens is 2. The summed E-state index contributed by atoms with van der Waals surface area (Å²) in [6.07, 6.45) is 3.57. The monoisotopic (exact) mass is 527 g/mol. The van der Waals surface area contributed by atoms with Gasteiger partial charge in [-0.2, -0.15) is 0 Å². The molecule has 0 radical (unpaired) electrons. The Balaban J connectivity index is 1.22. The van der Waals surface area contributed by atoms with Crippen LogP contribution in [0.1, 0.15) is 29.6 Å². The first-order valence-corrected chi connectivity index (χ1v) is 11.9. The molecule has 1 aliphatic heterocycles. The SMILES string of the molecule is O=C(OCCCNC(=O)[C@@H]1C[C@@H](Nc2cnc3ccc(Br)c(O)c3n2)CCN1)c1ccccc1. The summed E-state index contributed by atoms with van der Waals surface area (Å²) in [6, 6.07) is 12.0. The van der Waals surface area contributed by atoms with Crippen molar-refractivity contribution < 1.29 is 19.4 Å². The molecule has 0 aliphatic carbocycles. The van der Waals surface area contributed by atoms with Gasteiger partial charge in [0.15, 0.2) is 5.75 Å². The maximum absolute atomic E-state index is 12.6. The van der Waals surface area contributed by atoms with E-state index in [-0.39, 0.29) is 36.3 Å². The number of carbonyl (C=O) groups is 2. The molecule has 4 N–H and O–H groups in total. The van der Waals surface area contributed by atoms with Crippen molar-refractivity contribution in [3.8, 4) is 5.75 Å². The number of ether oxygens (including phenoxy) is 1. The van der Waals surface area contributed by atoms with Crippen LogP contribution in [0.15, 0.2) is 53.1 Å². The fourth-order valence-corrected chi connectivity index (χ4v) is 4.12. The molecule has 1 fully saturated rings. The maximum atomic E-state index is 12.6. The fourth-order valence-electron chi connectivity index (χ4n) is 3.80. The van der Waals surface area contributed by atoms with E-state index in [4.69, 9.17) is 4.74 Å². The van der Waals surface area contributed by atoms with E-state index in [2.05, 4.69) is 41.8 Å². The summed E-state index contributed by atoms with van der Waals surface area (Å²) in [4.78, 5) is 33.4. The van der Waals surface area contributed by atoms with Crippen molar-refractivity contribution in [2.24, 2.45) is 0 Å². The number of esters is 1. The van der Waals surface area contributed by atoms with Crippen molar-refractivity contribution in [3.05, 3.63) is 58.7 Å². The van der Waals surface area contributed by atoms with Crippen LogP contribution in [0.2, 0.25) is 0 Å². The van der Waals surface area contributed by atoms with E-state index in [0.29, 0.717) is 52.8 Å². The Hall–Kier alpha value is -3.24. The molecule has 10 heteroatoms. The molecule has 0 spiro atoms. The summed E-state index contributed by atoms with van der Waals surface area (Å²) in [5, 5.41) is 19.7. The van der Waals surface area contributed by atoms with Crippen molar-refractivity contribution in [3.63, 3.8) is 0 Å². The van der Waals surface area contributed by atoms with Gasteiger partial charge in [0, 0.05) is 12.6 Å². The molecular formula is C24H26BrN5O4. The van der Waals surface area contributed by atoms with Crippen LogP contribution in [0.25, 0.3) is 11.0 Å². The third kappa shape index (κ3) is 6.00. The molecule has 2 atom stereocenters. The summed E-state index contributed by atoms with van der Waals surface area (Å²) >= 11 is 3.30. The third-order valence-corrected chi connectivity index (χ3v) is 6.21. The van der Waals surface area contributed by atoms with E-state index in [0.717, 1.165) is 6.42 Å². The minimum absolute atomic E-state index is 0.0323. The lowest BCUT2D eigenvalue weighted by Gasteiger charge is -2.30. The molecule has 0 saturated carbocycles. The first-order chi connectivity index (χ1) is 16.5. The number of halogens is 1. The maximum Gasteiger partial charge on any atom is 0.338 e. The number of benzene rings is 2. The molecule has 178 valence electrons. The predicted molar refractivity (Wildman–Crippen MR) is 132 cm³/mol. The second kappa shape index (κ2) is 11.3. The molecule has 2 heterocycles. The summed E-state index contributed by atoms with van der Waals surface area (Å²) in [5.74, 6) is 0.136. The van der Waals surface area contributed by atoms with Crippen LogP contribution in [-0.4, -0.2) is 58.7 Å². The van der Waals surface area contributed by atoms with Gasteiger partial charge in [0.1, 0.15) is 11.3 Å². The average Bonchev–Trinajstić information content (AvgIpc) is 2.87. The average molecular weight is 528 g/mol. The van der Waals surface area contributed by atoms with E-state index in [1.807, 2.05) is 6.07 Å². The molecule has 0 unspecified atom stereocenters. The lowest BCUT2D eigenvalue weighted by molar-refractivity contribution is -0.123. The van der Waals surface area contributed by atoms with Crippen LogP contribution in [0.4, 0.5) is 5.82 Å². The Bertz CT molecular complexity index is 1160. The Morgan fingerprint density at radius 3 is 2.85 bits per heavy atom. The molecule has 9 nitrogen and oxygen atoms in total. The van der Waals surface area contributed by atoms with Crippen LogP contribution in [0.5, 0.6) is 5.75 Å². The number of nitrogens with zero attached hydrogens (tertiary/aromatic N) is 2. The van der Waals surface area contributed by atoms with Crippen LogP contribution < -0.4 is 16.0 Å². The molecule has 0 bridgehead atoms. The number of phenols is 1. The summed E-state index contributed by atoms with van der Waals surface area (Å²) < 4.78 is 5.79. The van der Waals surface area contributed by atoms with Gasteiger partial charge in [0.2, 0.25) is 5.91 Å². The first kappa shape index (κ1) is 23.9. The molecule has 34 heavy (non-hydrogen) atoms. The molecule has 1 saturated heterocycles. The molecule has 1 aromatic heterocycles. The zero-order valence-electron chi connectivity index (χ0n) is 18.5. The van der Waals surface area contributed by atoms with Crippen molar-refractivity contribution in [1.29, 1.82) is 0 Å². The van der Waals surface area contributed by atoms with E-state index in [9.17, 15) is 14.7 Å². The zero-order valence-corrected chi connectivity index (χ0v) is 20.0. The third-order valence-electron chi connectivity index (χ3n) is 5.57. The number of fused-ring (bicyclic) bond motifs is 1. The Morgan fingerprint density at radius 2 is 2.03 bits per heavy atom. The summed E-state index contributed by atoms with van der Waals surface area (Å²) in [6.45, 7) is 1.34. The molecule has 4 rings (SSSR count). The number of anilines is 1. The Morgan fingerprint density at radius 1 is 1.21 bits per heavy atom. The molecular weight excluding hydrogens is 502 g/mol. The number of rotatable bonds is 8. The number of piperidine rings is 1. The highest BCUT2D eigenvalue weighted by molar-refractivity contribution is 9.10. The smallest absolute Gasteiger partial charge is 0.338 e. The quantitative estimate of drug-likeness (QED) is 0.260. The van der Waals surface area contributed by atoms with Crippen molar-refractivity contribution in [2.45, 2.75) is 31.3 Å². The van der Waals surface area contributed by atoms with E-state index in [1.165, 1.54) is 0 Å². The minimum Gasteiger partial charge on any atom is -0.504 e. The van der Waals surface area contributed by atoms with Gasteiger partial charge in [0.25, 0.3) is 0 Å². The van der Waals surface area contributed by atoms with Crippen molar-refractivity contribution >= 4 is 44.7 Å². The highest BCUT2D eigenvalue weighted by atomic mass is 79.9. The second-order valence-corrected chi connectivity index (χ2v) is 8.89. The lowest BCUT2D eigenvalue weighted by Crippen LogP contribution is -2.51. The number of hydrogen-bond donors (Lipinski definition) is 4. The number of hydrogen-bond acceptors (Lipinski definition) is 8. The van der Waals surface area contributed by atoms with Gasteiger partial charge in [-0.25, -0.2) is 9.78 Å². The van der Waals surface area contributed by atoms with Gasteiger partial charge in [-0.3, -0.25) is 9.78 Å². The number of phenolic OH excluding ortho intramolecular Hbond substituents is 1. The summed E-state index contributed by atoms with van der Waals surface area (Å²) in [7, 11) is 0. The Labute approximate surface area is 205 Å². The van der Waals surface area contributed by atoms with E-state index in [1.54, 1.807) is 42.6 Å². The van der Waals surface area contributed by atoms with E-state index >= 15 is 0 Å². The van der Waals surface area contributed by atoms with Crippen molar-refractivity contribution in [1.82, 2.24) is 20.6 Å². The minimum atomic E-state index is -0.368. The van der Waals surface area contributed by atoms with Crippen molar-refractivity contribution in [2.75, 3.05) is 25.0 Å². The normalized spacial score (nSPS) is 17.8. The largest absolute Gasteiger partial charge is 0.504 e. The lowest BCUT2D eigenvalue weighted by atomic mass is 9.98. The van der Waals surface area contributed by atoms with Crippen LogP contribution in [-0.2, 0) is 9.53 Å². The molecule has 2 aromatic carbocycles. The fraction of sp³-hybridized carbons (Fsp3) is 0.333. The van der Waals surface area contributed by atoms with Gasteiger partial charge >= 0.3 is 5.97 Å². The predicted octanol–water partition coefficient (Wildman–Crippen LogP) is 2.99. The first-order valence-electron chi connectivity index (χ1n) is 11.2. The van der Waals surface area contributed by atoms with Crippen LogP contribution in [0.3, 0.4) is 0 Å². The molecule has 3 aromatic rings. The van der Waals surface area contributed by atoms with Gasteiger partial charge in [-0.1, -0.05) is 18.2 Å². The summed E-state index contributed by atoms with van der Waals surface area (Å²) in [5.41, 5.74) is 1.52. The highest BCUT2D eigenvalue weighted by Gasteiger charge is 2.27. The van der Waals surface area contributed by atoms with Gasteiger partial charge in [0.05, 0.1) is 34.4 Å². The standard InChI is InChI=1S/C24H26BrN5O4/c25-17-7-8-18-21(22(17)31)30-20(14-28-18)29-16-9-11-26-19(13-16)23(32)27-10-4-12-34-24(33)15-5-2-1-3-6-15/h1-3,5-8,14,16,19,26,31H,4,9-13H2,(H,27,32)(H,29,30)/t16-,19-/m0/s1. The van der Waals surface area contributed by atoms with Gasteiger partial charge < -0.3 is 25.8 Å². The van der Waals surface area contributed by atoms with Crippen LogP contribution in [0, 0.1) is 0 Å². The zero-order chi connectivity index (χ0) is 23.9. The second-order valence-electron chi connectivity index (χ2n) is 8.04.